The SMILES string of the molecule is COc1ccc(CC(=O)NC(=S)Nc2ccccc2C(=O)NCCc2ccccc2)cc1. The smallest absolute Gasteiger partial charge is 0.253 e. The molecule has 0 aliphatic carbocycles. The highest BCUT2D eigenvalue weighted by atomic mass is 32.1. The molecule has 3 aromatic carbocycles. The number of para-hydroxylation sites is 1. The molecule has 2 amide bonds. The van der Waals surface area contributed by atoms with E-state index in [1.165, 1.54) is 0 Å². The first-order valence-electron chi connectivity index (χ1n) is 10.2. The normalized spacial score (nSPS) is 10.2. The second-order valence-electron chi connectivity index (χ2n) is 7.06. The van der Waals surface area contributed by atoms with Gasteiger partial charge in [0.05, 0.1) is 24.8 Å². The molecule has 164 valence electrons. The quantitative estimate of drug-likeness (QED) is 0.459. The summed E-state index contributed by atoms with van der Waals surface area (Å²) >= 11 is 5.27. The molecule has 3 aromatic rings. The Morgan fingerprint density at radius 3 is 2.28 bits per heavy atom. The molecular formula is C25H25N3O3S. The summed E-state index contributed by atoms with van der Waals surface area (Å²) in [6, 6.07) is 24.2. The number of carbonyl (C=O) groups is 2. The summed E-state index contributed by atoms with van der Waals surface area (Å²) in [4.78, 5) is 25.0. The van der Waals surface area contributed by atoms with Gasteiger partial charge in [-0.2, -0.15) is 0 Å². The third kappa shape index (κ3) is 6.92. The van der Waals surface area contributed by atoms with Crippen LogP contribution in [0.5, 0.6) is 5.75 Å². The maximum Gasteiger partial charge on any atom is 0.253 e. The van der Waals surface area contributed by atoms with Crippen molar-refractivity contribution >= 4 is 34.8 Å². The molecule has 3 rings (SSSR count). The number of thiocarbonyl (C=S) groups is 1. The third-order valence-electron chi connectivity index (χ3n) is 4.74. The Labute approximate surface area is 193 Å². The van der Waals surface area contributed by atoms with Crippen LogP contribution in [0.3, 0.4) is 0 Å². The highest BCUT2D eigenvalue weighted by molar-refractivity contribution is 7.80. The Morgan fingerprint density at radius 1 is 0.875 bits per heavy atom. The van der Waals surface area contributed by atoms with E-state index in [2.05, 4.69) is 16.0 Å². The number of rotatable bonds is 8. The number of anilines is 1. The van der Waals surface area contributed by atoms with Crippen molar-refractivity contribution in [1.82, 2.24) is 10.6 Å². The number of hydrogen-bond acceptors (Lipinski definition) is 4. The predicted octanol–water partition coefficient (Wildman–Crippen LogP) is 3.72. The van der Waals surface area contributed by atoms with Gasteiger partial charge in [0, 0.05) is 6.54 Å². The van der Waals surface area contributed by atoms with E-state index in [4.69, 9.17) is 17.0 Å². The first-order valence-corrected chi connectivity index (χ1v) is 10.6. The maximum atomic E-state index is 12.7. The van der Waals surface area contributed by atoms with Gasteiger partial charge >= 0.3 is 0 Å². The molecule has 32 heavy (non-hydrogen) atoms. The standard InChI is InChI=1S/C25H25N3O3S/c1-31-20-13-11-19(12-14-20)17-23(29)28-25(32)27-22-10-6-5-9-21(22)24(30)26-16-15-18-7-3-2-4-8-18/h2-14H,15-17H2,1H3,(H,26,30)(H2,27,28,29,32). The molecule has 0 aliphatic rings. The van der Waals surface area contributed by atoms with Crippen LogP contribution in [0.25, 0.3) is 0 Å². The van der Waals surface area contributed by atoms with Crippen LogP contribution in [-0.2, 0) is 17.6 Å². The number of hydrogen-bond donors (Lipinski definition) is 3. The number of nitrogens with one attached hydrogen (secondary N) is 3. The van der Waals surface area contributed by atoms with Gasteiger partial charge in [-0.1, -0.05) is 54.6 Å². The van der Waals surface area contributed by atoms with Crippen molar-refractivity contribution in [3.63, 3.8) is 0 Å². The summed E-state index contributed by atoms with van der Waals surface area (Å²) in [5.74, 6) is 0.263. The van der Waals surface area contributed by atoms with E-state index in [0.29, 0.717) is 17.8 Å². The lowest BCUT2D eigenvalue weighted by Crippen LogP contribution is -2.36. The minimum absolute atomic E-state index is 0.132. The number of carbonyl (C=O) groups excluding carboxylic acids is 2. The van der Waals surface area contributed by atoms with Gasteiger partial charge in [-0.05, 0) is 54.0 Å². The first-order chi connectivity index (χ1) is 15.5. The lowest BCUT2D eigenvalue weighted by Gasteiger charge is -2.14. The predicted molar refractivity (Wildman–Crippen MR) is 130 cm³/mol. The van der Waals surface area contributed by atoms with Gasteiger partial charge < -0.3 is 20.7 Å². The van der Waals surface area contributed by atoms with Crippen LogP contribution in [0.1, 0.15) is 21.5 Å². The molecule has 7 heteroatoms. The van der Waals surface area contributed by atoms with E-state index in [9.17, 15) is 9.59 Å². The van der Waals surface area contributed by atoms with Crippen molar-refractivity contribution in [2.45, 2.75) is 12.8 Å². The van der Waals surface area contributed by atoms with Crippen LogP contribution in [0, 0.1) is 0 Å². The molecule has 0 radical (unpaired) electrons. The number of amides is 2. The van der Waals surface area contributed by atoms with E-state index in [1.807, 2.05) is 42.5 Å². The first kappa shape index (κ1) is 23.0. The number of methoxy groups -OCH3 is 1. The molecule has 0 aromatic heterocycles. The minimum atomic E-state index is -0.252. The van der Waals surface area contributed by atoms with Crippen molar-refractivity contribution in [1.29, 1.82) is 0 Å². The Bertz CT molecular complexity index is 1070. The van der Waals surface area contributed by atoms with Gasteiger partial charge in [-0.3, -0.25) is 9.59 Å². The Balaban J connectivity index is 1.53. The maximum absolute atomic E-state index is 12.7. The van der Waals surface area contributed by atoms with Crippen LogP contribution in [0.15, 0.2) is 78.9 Å². The molecule has 0 atom stereocenters. The number of benzene rings is 3. The zero-order valence-electron chi connectivity index (χ0n) is 17.8. The van der Waals surface area contributed by atoms with Crippen molar-refractivity contribution in [2.75, 3.05) is 19.0 Å². The van der Waals surface area contributed by atoms with Crippen LogP contribution in [-0.4, -0.2) is 30.6 Å². The molecule has 0 saturated carbocycles. The summed E-state index contributed by atoms with van der Waals surface area (Å²) in [6.07, 6.45) is 0.912. The summed E-state index contributed by atoms with van der Waals surface area (Å²) < 4.78 is 5.12. The zero-order chi connectivity index (χ0) is 22.8. The molecule has 0 spiro atoms. The Morgan fingerprint density at radius 2 is 1.56 bits per heavy atom. The molecule has 0 bridgehead atoms. The third-order valence-corrected chi connectivity index (χ3v) is 4.94. The Hall–Kier alpha value is -3.71. The van der Waals surface area contributed by atoms with Crippen LogP contribution >= 0.6 is 12.2 Å². The number of ether oxygens (including phenoxy) is 1. The van der Waals surface area contributed by atoms with E-state index in [1.54, 1.807) is 43.5 Å². The summed E-state index contributed by atoms with van der Waals surface area (Å²) in [5.41, 5.74) is 2.97. The molecular weight excluding hydrogens is 422 g/mol. The van der Waals surface area contributed by atoms with Crippen molar-refractivity contribution in [2.24, 2.45) is 0 Å². The average Bonchev–Trinajstić information content (AvgIpc) is 2.80. The molecule has 0 heterocycles. The Kier molecular flexibility index (Phi) is 8.34. The fourth-order valence-corrected chi connectivity index (χ4v) is 3.33. The van der Waals surface area contributed by atoms with Gasteiger partial charge in [-0.25, -0.2) is 0 Å². The van der Waals surface area contributed by atoms with E-state index < -0.39 is 0 Å². The van der Waals surface area contributed by atoms with E-state index >= 15 is 0 Å². The average molecular weight is 448 g/mol. The van der Waals surface area contributed by atoms with Crippen LogP contribution < -0.4 is 20.7 Å². The van der Waals surface area contributed by atoms with Gasteiger partial charge in [-0.15, -0.1) is 0 Å². The fraction of sp³-hybridized carbons (Fsp3) is 0.160. The molecule has 0 unspecified atom stereocenters. The summed E-state index contributed by atoms with van der Waals surface area (Å²) in [7, 11) is 1.59. The molecule has 0 saturated heterocycles. The van der Waals surface area contributed by atoms with E-state index in [-0.39, 0.29) is 23.3 Å². The molecule has 0 aliphatic heterocycles. The molecule has 6 nitrogen and oxygen atoms in total. The van der Waals surface area contributed by atoms with Crippen LogP contribution in [0.2, 0.25) is 0 Å². The fourth-order valence-electron chi connectivity index (χ4n) is 3.10. The highest BCUT2D eigenvalue weighted by Crippen LogP contribution is 2.15. The molecule has 3 N–H and O–H groups in total. The van der Waals surface area contributed by atoms with Crippen molar-refractivity contribution in [3.05, 3.63) is 95.6 Å². The van der Waals surface area contributed by atoms with E-state index in [0.717, 1.165) is 23.3 Å². The second-order valence-corrected chi connectivity index (χ2v) is 7.47. The van der Waals surface area contributed by atoms with Crippen molar-refractivity contribution < 1.29 is 14.3 Å². The minimum Gasteiger partial charge on any atom is -0.497 e. The second kappa shape index (κ2) is 11.6. The monoisotopic (exact) mass is 447 g/mol. The van der Waals surface area contributed by atoms with Gasteiger partial charge in [0.1, 0.15) is 5.75 Å². The highest BCUT2D eigenvalue weighted by Gasteiger charge is 2.13. The summed E-state index contributed by atoms with van der Waals surface area (Å²) in [6.45, 7) is 0.514. The van der Waals surface area contributed by atoms with Crippen molar-refractivity contribution in [3.8, 4) is 5.75 Å². The van der Waals surface area contributed by atoms with Gasteiger partial charge in [0.15, 0.2) is 5.11 Å². The lowest BCUT2D eigenvalue weighted by molar-refractivity contribution is -0.119. The van der Waals surface area contributed by atoms with Gasteiger partial charge in [0.25, 0.3) is 5.91 Å². The summed E-state index contributed by atoms with van der Waals surface area (Å²) in [5, 5.41) is 8.66. The largest absolute Gasteiger partial charge is 0.497 e. The topological polar surface area (TPSA) is 79.5 Å². The van der Waals surface area contributed by atoms with Gasteiger partial charge in [0.2, 0.25) is 5.91 Å². The zero-order valence-corrected chi connectivity index (χ0v) is 18.6. The lowest BCUT2D eigenvalue weighted by atomic mass is 10.1. The van der Waals surface area contributed by atoms with Crippen LogP contribution in [0.4, 0.5) is 5.69 Å². The molecule has 0 fully saturated rings.